The maximum Gasteiger partial charge on any atom is 0.248 e. The molecular formula is C18H25FN2O3. The number of ether oxygens (including phenoxy) is 2. The predicted molar refractivity (Wildman–Crippen MR) is 88.0 cm³/mol. The van der Waals surface area contributed by atoms with Gasteiger partial charge in [0.15, 0.2) is 0 Å². The first-order chi connectivity index (χ1) is 11.5. The zero-order valence-corrected chi connectivity index (χ0v) is 14.3. The van der Waals surface area contributed by atoms with Crippen LogP contribution in [0, 0.1) is 5.82 Å². The molecule has 1 aromatic carbocycles. The van der Waals surface area contributed by atoms with Crippen LogP contribution >= 0.6 is 0 Å². The summed E-state index contributed by atoms with van der Waals surface area (Å²) in [7, 11) is 3.44. The molecule has 6 heteroatoms. The maximum atomic E-state index is 13.3. The third-order valence-corrected chi connectivity index (χ3v) is 4.81. The Hall–Kier alpha value is -1.50. The number of halogens is 1. The minimum Gasteiger partial charge on any atom is -0.371 e. The lowest BCUT2D eigenvalue weighted by Gasteiger charge is -2.23. The van der Waals surface area contributed by atoms with Crippen molar-refractivity contribution in [1.29, 1.82) is 0 Å². The second-order valence-corrected chi connectivity index (χ2v) is 7.01. The van der Waals surface area contributed by atoms with Gasteiger partial charge in [-0.2, -0.15) is 0 Å². The van der Waals surface area contributed by atoms with E-state index in [1.54, 1.807) is 26.2 Å². The van der Waals surface area contributed by atoms with Crippen LogP contribution in [0.1, 0.15) is 18.4 Å². The van der Waals surface area contributed by atoms with Crippen molar-refractivity contribution in [2.24, 2.45) is 0 Å². The molecule has 0 aliphatic carbocycles. The van der Waals surface area contributed by atoms with Crippen LogP contribution < -0.4 is 0 Å². The Balaban J connectivity index is 1.49. The summed E-state index contributed by atoms with van der Waals surface area (Å²) in [5.74, 6) is -0.229. The van der Waals surface area contributed by atoms with Crippen molar-refractivity contribution in [3.8, 4) is 0 Å². The number of rotatable bonds is 5. The Bertz CT molecular complexity index is 595. The van der Waals surface area contributed by atoms with Crippen molar-refractivity contribution >= 4 is 5.91 Å². The largest absolute Gasteiger partial charge is 0.371 e. The topological polar surface area (TPSA) is 42.0 Å². The quantitative estimate of drug-likeness (QED) is 0.820. The molecule has 3 rings (SSSR count). The van der Waals surface area contributed by atoms with Gasteiger partial charge in [-0.05, 0) is 24.1 Å². The van der Waals surface area contributed by atoms with Crippen LogP contribution in [0.5, 0.6) is 0 Å². The van der Waals surface area contributed by atoms with Crippen molar-refractivity contribution < 1.29 is 18.7 Å². The number of nitrogens with zero attached hydrogens (tertiary/aromatic N) is 2. The van der Waals surface area contributed by atoms with Crippen LogP contribution in [0.2, 0.25) is 0 Å². The van der Waals surface area contributed by atoms with E-state index >= 15 is 0 Å². The fraction of sp³-hybridized carbons (Fsp3) is 0.611. The van der Waals surface area contributed by atoms with Crippen molar-refractivity contribution in [2.45, 2.75) is 31.1 Å². The van der Waals surface area contributed by atoms with Crippen LogP contribution in [-0.2, 0) is 20.8 Å². The first-order valence-electron chi connectivity index (χ1n) is 8.38. The molecule has 0 radical (unpaired) electrons. The number of benzene rings is 1. The van der Waals surface area contributed by atoms with Gasteiger partial charge in [0.05, 0.1) is 18.3 Å². The lowest BCUT2D eigenvalue weighted by atomic mass is 9.98. The SMILES string of the molecule is CN(C)C(=O)CO[C@@H]1CO[C@]2(CCN(Cc3cccc(F)c3)C2)C1. The Morgan fingerprint density at radius 2 is 2.33 bits per heavy atom. The lowest BCUT2D eigenvalue weighted by Crippen LogP contribution is -2.33. The molecule has 0 bridgehead atoms. The van der Waals surface area contributed by atoms with Crippen LogP contribution in [0.3, 0.4) is 0 Å². The second-order valence-electron chi connectivity index (χ2n) is 7.01. The van der Waals surface area contributed by atoms with Gasteiger partial charge in [0, 0.05) is 40.2 Å². The number of likely N-dealkylation sites (N-methyl/N-ethyl adjacent to an activating group) is 1. The second kappa shape index (κ2) is 7.17. The summed E-state index contributed by atoms with van der Waals surface area (Å²) in [6, 6.07) is 6.74. The molecular weight excluding hydrogens is 311 g/mol. The number of amides is 1. The molecule has 1 aromatic rings. The van der Waals surface area contributed by atoms with Gasteiger partial charge in [0.25, 0.3) is 0 Å². The standard InChI is InChI=1S/C18H25FN2O3/c1-20(2)17(22)12-23-16-9-18(24-11-16)6-7-21(13-18)10-14-4-3-5-15(19)8-14/h3-5,8,16H,6-7,9-13H2,1-2H3/t16-,18+/m0/s1. The predicted octanol–water partition coefficient (Wildman–Crippen LogP) is 1.66. The van der Waals surface area contributed by atoms with Gasteiger partial charge >= 0.3 is 0 Å². The molecule has 5 nitrogen and oxygen atoms in total. The van der Waals surface area contributed by atoms with E-state index in [9.17, 15) is 9.18 Å². The minimum atomic E-state index is -0.197. The number of carbonyl (C=O) groups excluding carboxylic acids is 1. The van der Waals surface area contributed by atoms with Crippen LogP contribution in [0.25, 0.3) is 0 Å². The summed E-state index contributed by atoms with van der Waals surface area (Å²) >= 11 is 0. The lowest BCUT2D eigenvalue weighted by molar-refractivity contribution is -0.135. The highest BCUT2D eigenvalue weighted by atomic mass is 19.1. The molecule has 2 aliphatic rings. The van der Waals surface area contributed by atoms with Gasteiger partial charge in [0.2, 0.25) is 5.91 Å². The highest BCUT2D eigenvalue weighted by Gasteiger charge is 2.45. The van der Waals surface area contributed by atoms with E-state index in [0.29, 0.717) is 6.61 Å². The average molecular weight is 336 g/mol. The molecule has 0 saturated carbocycles. The Morgan fingerprint density at radius 1 is 1.50 bits per heavy atom. The van der Waals surface area contributed by atoms with E-state index < -0.39 is 0 Å². The molecule has 0 aromatic heterocycles. The zero-order valence-electron chi connectivity index (χ0n) is 14.3. The van der Waals surface area contributed by atoms with E-state index in [1.165, 1.54) is 11.0 Å². The van der Waals surface area contributed by atoms with E-state index in [2.05, 4.69) is 4.90 Å². The van der Waals surface area contributed by atoms with Crippen molar-refractivity contribution in [2.75, 3.05) is 40.4 Å². The zero-order chi connectivity index (χ0) is 17.2. The molecule has 0 unspecified atom stereocenters. The molecule has 0 N–H and O–H groups in total. The number of hydrogen-bond donors (Lipinski definition) is 0. The molecule has 24 heavy (non-hydrogen) atoms. The highest BCUT2D eigenvalue weighted by molar-refractivity contribution is 5.76. The Morgan fingerprint density at radius 3 is 3.08 bits per heavy atom. The number of hydrogen-bond acceptors (Lipinski definition) is 4. The molecule has 2 heterocycles. The van der Waals surface area contributed by atoms with E-state index in [0.717, 1.165) is 38.0 Å². The molecule has 1 spiro atoms. The summed E-state index contributed by atoms with van der Waals surface area (Å²) in [6.45, 7) is 3.12. The van der Waals surface area contributed by atoms with E-state index in [4.69, 9.17) is 9.47 Å². The molecule has 2 aliphatic heterocycles. The third kappa shape index (κ3) is 4.12. The van der Waals surface area contributed by atoms with E-state index in [-0.39, 0.29) is 30.0 Å². The van der Waals surface area contributed by atoms with Gasteiger partial charge in [0.1, 0.15) is 12.4 Å². The summed E-state index contributed by atoms with van der Waals surface area (Å²) in [4.78, 5) is 15.4. The molecule has 132 valence electrons. The van der Waals surface area contributed by atoms with Gasteiger partial charge in [-0.25, -0.2) is 4.39 Å². The highest BCUT2D eigenvalue weighted by Crippen LogP contribution is 2.36. The van der Waals surface area contributed by atoms with E-state index in [1.807, 2.05) is 6.07 Å². The third-order valence-electron chi connectivity index (χ3n) is 4.81. The monoisotopic (exact) mass is 336 g/mol. The van der Waals surface area contributed by atoms with Crippen LogP contribution in [0.4, 0.5) is 4.39 Å². The van der Waals surface area contributed by atoms with Crippen molar-refractivity contribution in [3.05, 3.63) is 35.6 Å². The fourth-order valence-electron chi connectivity index (χ4n) is 3.47. The number of likely N-dealkylation sites (tertiary alicyclic amines) is 1. The maximum absolute atomic E-state index is 13.3. The Labute approximate surface area is 142 Å². The molecule has 1 amide bonds. The summed E-state index contributed by atoms with van der Waals surface area (Å²) < 4.78 is 25.0. The van der Waals surface area contributed by atoms with Gasteiger partial charge in [-0.15, -0.1) is 0 Å². The van der Waals surface area contributed by atoms with Gasteiger partial charge in [-0.3, -0.25) is 9.69 Å². The smallest absolute Gasteiger partial charge is 0.248 e. The summed E-state index contributed by atoms with van der Waals surface area (Å²) in [5.41, 5.74) is 0.800. The molecule has 2 saturated heterocycles. The fourth-order valence-corrected chi connectivity index (χ4v) is 3.47. The summed E-state index contributed by atoms with van der Waals surface area (Å²) in [5, 5.41) is 0. The van der Waals surface area contributed by atoms with Crippen LogP contribution in [-0.4, -0.2) is 67.8 Å². The van der Waals surface area contributed by atoms with Gasteiger partial charge < -0.3 is 14.4 Å². The minimum absolute atomic E-state index is 0.0250. The summed E-state index contributed by atoms with van der Waals surface area (Å²) in [6.07, 6.45) is 1.74. The first-order valence-corrected chi connectivity index (χ1v) is 8.38. The molecule has 2 fully saturated rings. The van der Waals surface area contributed by atoms with Gasteiger partial charge in [-0.1, -0.05) is 12.1 Å². The van der Waals surface area contributed by atoms with Crippen molar-refractivity contribution in [1.82, 2.24) is 9.80 Å². The molecule has 2 atom stereocenters. The normalized spacial score (nSPS) is 27.0. The van der Waals surface area contributed by atoms with Crippen LogP contribution in [0.15, 0.2) is 24.3 Å². The average Bonchev–Trinajstić information content (AvgIpc) is 3.12. The van der Waals surface area contributed by atoms with Crippen molar-refractivity contribution in [3.63, 3.8) is 0 Å². The number of carbonyl (C=O) groups is 1. The Kier molecular flexibility index (Phi) is 5.18. The first kappa shape index (κ1) is 17.3.